The van der Waals surface area contributed by atoms with E-state index in [-0.39, 0.29) is 83.4 Å². The first-order valence-corrected chi connectivity index (χ1v) is 16.0. The molecule has 1 aromatic carbocycles. The predicted molar refractivity (Wildman–Crippen MR) is 145 cm³/mol. The quantitative estimate of drug-likeness (QED) is 0.144. The van der Waals surface area contributed by atoms with E-state index in [9.17, 15) is 47.7 Å². The third-order valence-corrected chi connectivity index (χ3v) is 8.50. The number of carboxylic acids is 2. The van der Waals surface area contributed by atoms with Gasteiger partial charge in [0.1, 0.15) is 6.29 Å². The molecule has 1 aliphatic rings. The molecule has 1 aliphatic heterocycles. The first-order chi connectivity index (χ1) is 18.6. The number of β-amino-alcohol motifs (C(OH)–C–C–N with tert-alkyl or cyclic N) is 1. The Morgan fingerprint density at radius 3 is 1.82 bits per heavy atom. The van der Waals surface area contributed by atoms with Crippen molar-refractivity contribution in [3.8, 4) is 0 Å². The van der Waals surface area contributed by atoms with E-state index in [4.69, 9.17) is 0 Å². The van der Waals surface area contributed by atoms with Crippen molar-refractivity contribution >= 4 is 29.6 Å². The van der Waals surface area contributed by atoms with Crippen molar-refractivity contribution < 1.29 is 47.7 Å². The second-order valence-electron chi connectivity index (χ2n) is 9.89. The number of aliphatic hydroxyl groups is 1. The molecule has 40 heavy (non-hydrogen) atoms. The fourth-order valence-electron chi connectivity index (χ4n) is 4.30. The third-order valence-electron chi connectivity index (χ3n) is 6.31. The Labute approximate surface area is 234 Å². The summed E-state index contributed by atoms with van der Waals surface area (Å²) in [4.78, 5) is 48.3. The second-order valence-corrected chi connectivity index (χ2v) is 13.3. The molecule has 0 aliphatic carbocycles. The van der Waals surface area contributed by atoms with E-state index in [1.54, 1.807) is 28.9 Å². The topological polar surface area (TPSA) is 211 Å². The minimum Gasteiger partial charge on any atom is -0.480 e. The van der Waals surface area contributed by atoms with E-state index in [1.165, 1.54) is 17.0 Å². The lowest BCUT2D eigenvalue weighted by molar-refractivity contribution is -0.139. The van der Waals surface area contributed by atoms with E-state index >= 15 is 0 Å². The highest BCUT2D eigenvalue weighted by Gasteiger charge is 2.24. The lowest BCUT2D eigenvalue weighted by Crippen LogP contribution is -2.49. The van der Waals surface area contributed by atoms with Crippen LogP contribution in [-0.2, 0) is 24.2 Å². The van der Waals surface area contributed by atoms with Crippen LogP contribution in [0.1, 0.15) is 5.56 Å². The maximum atomic E-state index is 12.6. The lowest BCUT2D eigenvalue weighted by atomic mass is 10.2. The molecule has 0 amide bonds. The van der Waals surface area contributed by atoms with Gasteiger partial charge in [-0.25, -0.2) is 13.1 Å². The van der Waals surface area contributed by atoms with E-state index < -0.39 is 41.9 Å². The average Bonchev–Trinajstić information content (AvgIpc) is 2.83. The largest absolute Gasteiger partial charge is 0.480 e. The van der Waals surface area contributed by atoms with Gasteiger partial charge in [0, 0.05) is 65.4 Å². The van der Waals surface area contributed by atoms with Crippen LogP contribution in [0.4, 0.5) is 0 Å². The van der Waals surface area contributed by atoms with Gasteiger partial charge >= 0.3 is 19.5 Å². The molecule has 0 bridgehead atoms. The van der Waals surface area contributed by atoms with Crippen LogP contribution in [0.3, 0.4) is 0 Å². The Morgan fingerprint density at radius 2 is 1.38 bits per heavy atom. The molecule has 15 nitrogen and oxygen atoms in total. The molecular weight excluding hydrogens is 569 g/mol. The molecular formula is C23H40N5O10PS. The molecule has 6 N–H and O–H groups in total. The number of sulfonamides is 1. The number of hydrogen-bond donors (Lipinski definition) is 6. The standard InChI is InChI=1S/C23H40N5O10PS/c1-19-3-2-4-21(13-19)40(37,38)24-14-20(29)15-25-5-7-26(16-22(30)31)9-11-28(18-39(34,35)36)12-10-27(8-6-25)17-23(32)33/h2-4,13,20,24,29H,5-12,14-18H2,1H3,(H,30,31)(H,32,33)(H2,34,35,36). The molecule has 1 saturated heterocycles. The fraction of sp³-hybridized carbons (Fsp3) is 0.652. The summed E-state index contributed by atoms with van der Waals surface area (Å²) < 4.78 is 39.3. The number of benzene rings is 1. The van der Waals surface area contributed by atoms with Gasteiger partial charge in [0.05, 0.1) is 24.1 Å². The lowest BCUT2D eigenvalue weighted by Gasteiger charge is -2.34. The number of rotatable bonds is 12. The van der Waals surface area contributed by atoms with Crippen LogP contribution in [0.2, 0.25) is 0 Å². The van der Waals surface area contributed by atoms with Crippen molar-refractivity contribution in [2.24, 2.45) is 0 Å². The third kappa shape index (κ3) is 13.6. The Bertz CT molecular complexity index is 1100. The number of hydrogen-bond acceptors (Lipinski definition) is 10. The summed E-state index contributed by atoms with van der Waals surface area (Å²) in [5.41, 5.74) is 0.768. The molecule has 17 heteroatoms. The molecule has 0 spiro atoms. The molecule has 0 saturated carbocycles. The van der Waals surface area contributed by atoms with Crippen LogP contribution in [0.15, 0.2) is 29.2 Å². The maximum Gasteiger partial charge on any atom is 0.339 e. The fourth-order valence-corrected chi connectivity index (χ4v) is 6.28. The van der Waals surface area contributed by atoms with Crippen molar-refractivity contribution in [3.63, 3.8) is 0 Å². The number of nitrogens with one attached hydrogen (secondary N) is 1. The van der Waals surface area contributed by atoms with Crippen molar-refractivity contribution in [2.75, 3.05) is 84.8 Å². The van der Waals surface area contributed by atoms with E-state index in [1.807, 2.05) is 4.90 Å². The van der Waals surface area contributed by atoms with Gasteiger partial charge in [-0.15, -0.1) is 0 Å². The average molecular weight is 610 g/mol. The van der Waals surface area contributed by atoms with Crippen LogP contribution >= 0.6 is 7.60 Å². The van der Waals surface area contributed by atoms with E-state index in [0.717, 1.165) is 5.56 Å². The van der Waals surface area contributed by atoms with Crippen LogP contribution in [0.5, 0.6) is 0 Å². The SMILES string of the molecule is Cc1cccc(S(=O)(=O)NCC(O)CN2CCN(CC(=O)O)CCN(CP(=O)(O)O)CCN(CC(=O)O)CC2)c1. The van der Waals surface area contributed by atoms with Crippen LogP contribution in [0.25, 0.3) is 0 Å². The molecule has 1 atom stereocenters. The number of aryl methyl sites for hydroxylation is 1. The number of carbonyl (C=O) groups is 2. The van der Waals surface area contributed by atoms with Crippen LogP contribution < -0.4 is 4.72 Å². The van der Waals surface area contributed by atoms with Crippen LogP contribution in [0, 0.1) is 6.92 Å². The van der Waals surface area contributed by atoms with Gasteiger partial charge in [-0.1, -0.05) is 12.1 Å². The molecule has 2 rings (SSSR count). The Morgan fingerprint density at radius 1 is 0.900 bits per heavy atom. The molecule has 1 heterocycles. The highest BCUT2D eigenvalue weighted by atomic mass is 32.2. The Balaban J connectivity index is 2.12. The molecule has 0 aromatic heterocycles. The smallest absolute Gasteiger partial charge is 0.339 e. The summed E-state index contributed by atoms with van der Waals surface area (Å²) in [5, 5.41) is 29.3. The van der Waals surface area contributed by atoms with Gasteiger partial charge in [-0.3, -0.25) is 33.8 Å². The van der Waals surface area contributed by atoms with Gasteiger partial charge in [0.15, 0.2) is 0 Å². The van der Waals surface area contributed by atoms with Crippen molar-refractivity contribution in [1.82, 2.24) is 24.3 Å². The molecule has 228 valence electrons. The molecule has 1 fully saturated rings. The number of nitrogens with zero attached hydrogens (tertiary/aromatic N) is 4. The van der Waals surface area contributed by atoms with Crippen molar-refractivity contribution in [1.29, 1.82) is 0 Å². The van der Waals surface area contributed by atoms with Crippen molar-refractivity contribution in [2.45, 2.75) is 17.9 Å². The zero-order valence-electron chi connectivity index (χ0n) is 22.5. The van der Waals surface area contributed by atoms with Gasteiger partial charge in [-0.05, 0) is 24.6 Å². The van der Waals surface area contributed by atoms with E-state index in [0.29, 0.717) is 0 Å². The first-order valence-electron chi connectivity index (χ1n) is 12.7. The second kappa shape index (κ2) is 15.9. The zero-order valence-corrected chi connectivity index (χ0v) is 24.2. The summed E-state index contributed by atoms with van der Waals surface area (Å²) in [6.45, 7) is 2.70. The number of aliphatic carboxylic acids is 2. The minimum atomic E-state index is -4.40. The van der Waals surface area contributed by atoms with Crippen LogP contribution in [-0.4, -0.2) is 156 Å². The van der Waals surface area contributed by atoms with Crippen molar-refractivity contribution in [3.05, 3.63) is 29.8 Å². The zero-order chi connectivity index (χ0) is 29.9. The number of aliphatic hydroxyl groups excluding tert-OH is 1. The summed E-state index contributed by atoms with van der Waals surface area (Å²) in [6, 6.07) is 6.35. The Hall–Kier alpha value is -1.98. The summed E-state index contributed by atoms with van der Waals surface area (Å²) in [7, 11) is -8.25. The van der Waals surface area contributed by atoms with Gasteiger partial charge in [-0.2, -0.15) is 0 Å². The maximum absolute atomic E-state index is 12.6. The predicted octanol–water partition coefficient (Wildman–Crippen LogP) is -1.84. The summed E-state index contributed by atoms with van der Waals surface area (Å²) in [6.07, 6.45) is -1.64. The number of carboxylic acid groups (broad SMARTS) is 2. The van der Waals surface area contributed by atoms with Gasteiger partial charge in [0.25, 0.3) is 0 Å². The van der Waals surface area contributed by atoms with Gasteiger partial charge in [0.2, 0.25) is 10.0 Å². The summed E-state index contributed by atoms with van der Waals surface area (Å²) >= 11 is 0. The first kappa shape index (κ1) is 34.2. The normalized spacial score (nSPS) is 19.0. The monoisotopic (exact) mass is 609 g/mol. The molecule has 1 unspecified atom stereocenters. The molecule has 0 radical (unpaired) electrons. The highest BCUT2D eigenvalue weighted by Crippen LogP contribution is 2.34. The Kier molecular flexibility index (Phi) is 13.6. The van der Waals surface area contributed by atoms with E-state index in [2.05, 4.69) is 4.72 Å². The molecule has 1 aromatic rings. The summed E-state index contributed by atoms with van der Waals surface area (Å²) in [5.74, 6) is -2.14. The highest BCUT2D eigenvalue weighted by molar-refractivity contribution is 7.89. The minimum absolute atomic E-state index is 0.0441. The van der Waals surface area contributed by atoms with Gasteiger partial charge < -0.3 is 25.1 Å².